The van der Waals surface area contributed by atoms with Crippen LogP contribution >= 0.6 is 0 Å². The molecule has 0 spiro atoms. The highest BCUT2D eigenvalue weighted by Crippen LogP contribution is 2.25. The Morgan fingerprint density at radius 1 is 1.10 bits per heavy atom. The van der Waals surface area contributed by atoms with Crippen LogP contribution in [0, 0.1) is 0 Å². The summed E-state index contributed by atoms with van der Waals surface area (Å²) in [5.74, 6) is 1.08. The van der Waals surface area contributed by atoms with Gasteiger partial charge >= 0.3 is 0 Å². The monoisotopic (exact) mass is 285 g/mol. The molecule has 0 aliphatic heterocycles. The number of nitrogens with zero attached hydrogens (tertiary/aromatic N) is 2. The van der Waals surface area contributed by atoms with Gasteiger partial charge in [-0.25, -0.2) is 9.97 Å². The normalized spacial score (nSPS) is 11.6. The van der Waals surface area contributed by atoms with Crippen molar-refractivity contribution in [3.8, 4) is 11.3 Å². The molecule has 0 radical (unpaired) electrons. The van der Waals surface area contributed by atoms with Crippen LogP contribution in [0.2, 0.25) is 0 Å². The van der Waals surface area contributed by atoms with Crippen LogP contribution in [-0.2, 0) is 16.8 Å². The lowest BCUT2D eigenvalue weighted by atomic mass is 9.86. The zero-order chi connectivity index (χ0) is 15.5. The highest BCUT2D eigenvalue weighted by molar-refractivity contribution is 5.62. The van der Waals surface area contributed by atoms with Gasteiger partial charge < -0.3 is 10.5 Å². The topological polar surface area (TPSA) is 61.0 Å². The molecule has 0 saturated carbocycles. The molecule has 21 heavy (non-hydrogen) atoms. The standard InChI is InChI=1S/C17H23N3O/c1-5-21-11-16-19-14(10-15(18)20-16)12-6-8-13(9-7-12)17(2,3)4/h6-10H,5,11H2,1-4H3,(H2,18,19,20). The van der Waals surface area contributed by atoms with Crippen LogP contribution in [0.5, 0.6) is 0 Å². The smallest absolute Gasteiger partial charge is 0.157 e. The summed E-state index contributed by atoms with van der Waals surface area (Å²) in [4.78, 5) is 8.71. The Labute approximate surface area is 126 Å². The van der Waals surface area contributed by atoms with Crippen LogP contribution in [0.4, 0.5) is 5.82 Å². The molecular formula is C17H23N3O. The summed E-state index contributed by atoms with van der Waals surface area (Å²) in [6, 6.07) is 10.2. The van der Waals surface area contributed by atoms with Gasteiger partial charge in [0.05, 0.1) is 5.69 Å². The molecule has 4 nitrogen and oxygen atoms in total. The molecule has 4 heteroatoms. The molecule has 0 aliphatic rings. The van der Waals surface area contributed by atoms with Gasteiger partial charge in [0.15, 0.2) is 5.82 Å². The third kappa shape index (κ3) is 4.02. The molecule has 0 saturated heterocycles. The average Bonchev–Trinajstić information content (AvgIpc) is 2.44. The first kappa shape index (κ1) is 15.4. The van der Waals surface area contributed by atoms with Crippen LogP contribution in [-0.4, -0.2) is 16.6 Å². The summed E-state index contributed by atoms with van der Waals surface area (Å²) >= 11 is 0. The maximum absolute atomic E-state index is 5.86. The molecule has 0 amide bonds. The van der Waals surface area contributed by atoms with Gasteiger partial charge in [-0.1, -0.05) is 45.0 Å². The van der Waals surface area contributed by atoms with Crippen molar-refractivity contribution in [2.24, 2.45) is 0 Å². The van der Waals surface area contributed by atoms with E-state index in [0.29, 0.717) is 24.9 Å². The molecule has 2 aromatic rings. The molecule has 2 N–H and O–H groups in total. The van der Waals surface area contributed by atoms with E-state index in [0.717, 1.165) is 11.3 Å². The Kier molecular flexibility index (Phi) is 4.58. The van der Waals surface area contributed by atoms with E-state index in [1.807, 2.05) is 6.92 Å². The van der Waals surface area contributed by atoms with Crippen molar-refractivity contribution in [1.82, 2.24) is 9.97 Å². The highest BCUT2D eigenvalue weighted by Gasteiger charge is 2.13. The number of nitrogens with two attached hydrogens (primary N) is 1. The molecule has 0 fully saturated rings. The predicted molar refractivity (Wildman–Crippen MR) is 85.9 cm³/mol. The van der Waals surface area contributed by atoms with Crippen LogP contribution in [0.3, 0.4) is 0 Å². The fourth-order valence-electron chi connectivity index (χ4n) is 2.06. The van der Waals surface area contributed by atoms with Crippen molar-refractivity contribution >= 4 is 5.82 Å². The second-order valence-electron chi connectivity index (χ2n) is 6.06. The Morgan fingerprint density at radius 3 is 2.33 bits per heavy atom. The summed E-state index contributed by atoms with van der Waals surface area (Å²) < 4.78 is 5.35. The zero-order valence-electron chi connectivity index (χ0n) is 13.2. The molecule has 1 aromatic carbocycles. The summed E-state index contributed by atoms with van der Waals surface area (Å²) in [5.41, 5.74) is 9.17. The van der Waals surface area contributed by atoms with Gasteiger partial charge in [-0.15, -0.1) is 0 Å². The number of benzene rings is 1. The van der Waals surface area contributed by atoms with Crippen LogP contribution < -0.4 is 5.73 Å². The first-order valence-electron chi connectivity index (χ1n) is 7.22. The number of anilines is 1. The molecule has 1 aromatic heterocycles. The first-order chi connectivity index (χ1) is 9.90. The quantitative estimate of drug-likeness (QED) is 0.933. The number of aromatic nitrogens is 2. The molecule has 0 bridgehead atoms. The third-order valence-corrected chi connectivity index (χ3v) is 3.27. The van der Waals surface area contributed by atoms with Gasteiger partial charge in [-0.3, -0.25) is 0 Å². The lowest BCUT2D eigenvalue weighted by molar-refractivity contribution is 0.128. The SMILES string of the molecule is CCOCc1nc(N)cc(-c2ccc(C(C)(C)C)cc2)n1. The molecule has 1 heterocycles. The fourth-order valence-corrected chi connectivity index (χ4v) is 2.06. The number of hydrogen-bond acceptors (Lipinski definition) is 4. The zero-order valence-corrected chi connectivity index (χ0v) is 13.2. The summed E-state index contributed by atoms with van der Waals surface area (Å²) in [6.45, 7) is 9.56. The van der Waals surface area contributed by atoms with Crippen molar-refractivity contribution in [3.63, 3.8) is 0 Å². The third-order valence-electron chi connectivity index (χ3n) is 3.27. The van der Waals surface area contributed by atoms with Crippen molar-refractivity contribution in [2.45, 2.75) is 39.7 Å². The summed E-state index contributed by atoms with van der Waals surface area (Å²) in [5, 5.41) is 0. The van der Waals surface area contributed by atoms with Gasteiger partial charge in [0, 0.05) is 18.2 Å². The number of hydrogen-bond donors (Lipinski definition) is 1. The Hall–Kier alpha value is -1.94. The van der Waals surface area contributed by atoms with Crippen molar-refractivity contribution in [1.29, 1.82) is 0 Å². The predicted octanol–water partition coefficient (Wildman–Crippen LogP) is 3.56. The maximum Gasteiger partial charge on any atom is 0.157 e. The van der Waals surface area contributed by atoms with Crippen LogP contribution in [0.15, 0.2) is 30.3 Å². The van der Waals surface area contributed by atoms with Crippen molar-refractivity contribution in [3.05, 3.63) is 41.7 Å². The number of nitrogen functional groups attached to an aromatic ring is 1. The van der Waals surface area contributed by atoms with Crippen molar-refractivity contribution < 1.29 is 4.74 Å². The summed E-state index contributed by atoms with van der Waals surface area (Å²) in [6.07, 6.45) is 0. The van der Waals surface area contributed by atoms with Gasteiger partial charge in [0.1, 0.15) is 12.4 Å². The van der Waals surface area contributed by atoms with E-state index in [9.17, 15) is 0 Å². The van der Waals surface area contributed by atoms with Crippen LogP contribution in [0.1, 0.15) is 39.1 Å². The largest absolute Gasteiger partial charge is 0.384 e. The molecule has 2 rings (SSSR count). The first-order valence-corrected chi connectivity index (χ1v) is 7.22. The van der Waals surface area contributed by atoms with E-state index in [2.05, 4.69) is 55.0 Å². The van der Waals surface area contributed by atoms with E-state index in [-0.39, 0.29) is 5.41 Å². The molecule has 0 atom stereocenters. The van der Waals surface area contributed by atoms with E-state index in [1.54, 1.807) is 6.07 Å². The Bertz CT molecular complexity index is 600. The minimum absolute atomic E-state index is 0.142. The van der Waals surface area contributed by atoms with Crippen molar-refractivity contribution in [2.75, 3.05) is 12.3 Å². The lowest BCUT2D eigenvalue weighted by Gasteiger charge is -2.19. The molecule has 0 unspecified atom stereocenters. The van der Waals surface area contributed by atoms with E-state index < -0.39 is 0 Å². The Balaban J connectivity index is 2.31. The molecular weight excluding hydrogens is 262 g/mol. The van der Waals surface area contributed by atoms with Gasteiger partial charge in [-0.05, 0) is 17.9 Å². The number of ether oxygens (including phenoxy) is 1. The second kappa shape index (κ2) is 6.22. The van der Waals surface area contributed by atoms with E-state index >= 15 is 0 Å². The lowest BCUT2D eigenvalue weighted by Crippen LogP contribution is -2.10. The van der Waals surface area contributed by atoms with Gasteiger partial charge in [0.2, 0.25) is 0 Å². The van der Waals surface area contributed by atoms with E-state index in [4.69, 9.17) is 10.5 Å². The minimum Gasteiger partial charge on any atom is -0.384 e. The highest BCUT2D eigenvalue weighted by atomic mass is 16.5. The average molecular weight is 285 g/mol. The van der Waals surface area contributed by atoms with Gasteiger partial charge in [-0.2, -0.15) is 0 Å². The van der Waals surface area contributed by atoms with Gasteiger partial charge in [0.25, 0.3) is 0 Å². The second-order valence-corrected chi connectivity index (χ2v) is 6.06. The van der Waals surface area contributed by atoms with Crippen LogP contribution in [0.25, 0.3) is 11.3 Å². The molecule has 0 aliphatic carbocycles. The molecule has 112 valence electrons. The fraction of sp³-hybridized carbons (Fsp3) is 0.412. The Morgan fingerprint density at radius 2 is 1.76 bits per heavy atom. The number of rotatable bonds is 4. The maximum atomic E-state index is 5.86. The summed E-state index contributed by atoms with van der Waals surface area (Å²) in [7, 11) is 0. The van der Waals surface area contributed by atoms with E-state index in [1.165, 1.54) is 5.56 Å². The minimum atomic E-state index is 0.142.